The van der Waals surface area contributed by atoms with Gasteiger partial charge in [0.05, 0.1) is 18.1 Å². The summed E-state index contributed by atoms with van der Waals surface area (Å²) in [5.74, 6) is -1.26. The number of carboxylic acids is 1. The number of carbonyl (C=O) groups is 3. The van der Waals surface area contributed by atoms with E-state index >= 15 is 0 Å². The Balaban J connectivity index is 0.00000456. The van der Waals surface area contributed by atoms with Crippen LogP contribution in [0.25, 0.3) is 11.3 Å². The molecule has 196 valence electrons. The highest BCUT2D eigenvalue weighted by Crippen LogP contribution is 2.31. The minimum atomic E-state index is -1.16. The second-order valence-electron chi connectivity index (χ2n) is 9.29. The molecule has 10 heteroatoms. The van der Waals surface area contributed by atoms with Crippen LogP contribution in [0.4, 0.5) is 0 Å². The summed E-state index contributed by atoms with van der Waals surface area (Å²) < 4.78 is 5.38. The zero-order valence-electron chi connectivity index (χ0n) is 20.7. The number of amides is 2. The molecule has 3 N–H and O–H groups in total. The average Bonchev–Trinajstić information content (AvgIpc) is 3.33. The van der Waals surface area contributed by atoms with Crippen molar-refractivity contribution in [1.82, 2.24) is 15.6 Å². The minimum Gasteiger partial charge on any atom is -0.496 e. The number of pyridine rings is 1. The van der Waals surface area contributed by atoms with Crippen molar-refractivity contribution < 1.29 is 24.2 Å². The molecule has 1 aliphatic carbocycles. The molecule has 0 radical (unpaired) electrons. The molecule has 8 nitrogen and oxygen atoms in total. The lowest BCUT2D eigenvalue weighted by molar-refractivity contribution is -0.143. The molecular weight excluding hydrogens is 502 g/mol. The van der Waals surface area contributed by atoms with Crippen molar-refractivity contribution in [2.24, 2.45) is 5.92 Å². The smallest absolute Gasteiger partial charge is 0.326 e. The average molecular weight is 536 g/mol. The summed E-state index contributed by atoms with van der Waals surface area (Å²) in [5, 5.41) is 14.8. The van der Waals surface area contributed by atoms with Crippen molar-refractivity contribution in [2.45, 2.75) is 62.8 Å². The standard InChI is InChI=1S/C26H33N3O5S.ClH/c1-16(2)22(35)23(30)29-26(12-6-7-13-26)25(33)28-20(24(31)32)14-17-10-11-19(27-15-17)18-8-4-5-9-21(18)34-3;/h4-5,8-11,15-16,20,22,35H,6-7,12-14H2,1-3H3,(H,28,33)(H,29,30)(H,31,32);1H/t20?,22-;/m0./s1. The predicted octanol–water partition coefficient (Wildman–Crippen LogP) is 3.67. The topological polar surface area (TPSA) is 118 Å². The Morgan fingerprint density at radius 3 is 2.36 bits per heavy atom. The van der Waals surface area contributed by atoms with Gasteiger partial charge in [-0.05, 0) is 42.5 Å². The molecule has 1 aliphatic rings. The number of ether oxygens (including phenoxy) is 1. The molecule has 3 rings (SSSR count). The lowest BCUT2D eigenvalue weighted by atomic mass is 9.94. The lowest BCUT2D eigenvalue weighted by Gasteiger charge is -2.32. The Hall–Kier alpha value is -2.78. The van der Waals surface area contributed by atoms with E-state index in [0.29, 0.717) is 29.8 Å². The maximum Gasteiger partial charge on any atom is 0.326 e. The number of thiol groups is 1. The third-order valence-corrected chi connectivity index (χ3v) is 7.24. The van der Waals surface area contributed by atoms with Gasteiger partial charge in [0.2, 0.25) is 11.8 Å². The number of rotatable bonds is 10. The van der Waals surface area contributed by atoms with Gasteiger partial charge in [-0.1, -0.05) is 44.9 Å². The van der Waals surface area contributed by atoms with E-state index < -0.39 is 28.7 Å². The van der Waals surface area contributed by atoms with Crippen molar-refractivity contribution in [3.05, 3.63) is 48.2 Å². The Bertz CT molecular complexity index is 1060. The summed E-state index contributed by atoms with van der Waals surface area (Å²) in [4.78, 5) is 42.4. The summed E-state index contributed by atoms with van der Waals surface area (Å²) in [6.07, 6.45) is 4.14. The van der Waals surface area contributed by atoms with Gasteiger partial charge in [0.15, 0.2) is 0 Å². The first-order valence-electron chi connectivity index (χ1n) is 11.8. The van der Waals surface area contributed by atoms with Crippen LogP contribution in [-0.2, 0) is 20.8 Å². The zero-order chi connectivity index (χ0) is 25.6. The molecule has 1 aromatic heterocycles. The largest absolute Gasteiger partial charge is 0.496 e. The van der Waals surface area contributed by atoms with Gasteiger partial charge in [-0.15, -0.1) is 12.4 Å². The molecule has 1 aromatic carbocycles. The van der Waals surface area contributed by atoms with Gasteiger partial charge in [0, 0.05) is 18.2 Å². The van der Waals surface area contributed by atoms with E-state index in [4.69, 9.17) is 4.74 Å². The van der Waals surface area contributed by atoms with Crippen LogP contribution in [0, 0.1) is 5.92 Å². The third kappa shape index (κ3) is 6.91. The number of hydrogen-bond donors (Lipinski definition) is 4. The maximum absolute atomic E-state index is 13.3. The molecule has 2 atom stereocenters. The SMILES string of the molecule is COc1ccccc1-c1ccc(CC(NC(=O)C2(NC(=O)[C@@H](S)C(C)C)CCCC2)C(=O)O)cn1.Cl. The number of carboxylic acid groups (broad SMARTS) is 1. The maximum atomic E-state index is 13.3. The van der Waals surface area contributed by atoms with Crippen LogP contribution < -0.4 is 15.4 Å². The molecule has 0 spiro atoms. The second kappa shape index (κ2) is 13.0. The summed E-state index contributed by atoms with van der Waals surface area (Å²) in [6, 6.07) is 9.92. The molecule has 1 unspecified atom stereocenters. The summed E-state index contributed by atoms with van der Waals surface area (Å²) >= 11 is 4.36. The second-order valence-corrected chi connectivity index (χ2v) is 9.84. The molecule has 1 fully saturated rings. The van der Waals surface area contributed by atoms with Gasteiger partial charge in [0.1, 0.15) is 17.3 Å². The monoisotopic (exact) mass is 535 g/mol. The van der Waals surface area contributed by atoms with Crippen molar-refractivity contribution in [3.63, 3.8) is 0 Å². The number of nitrogens with zero attached hydrogens (tertiary/aromatic N) is 1. The van der Waals surface area contributed by atoms with Crippen molar-refractivity contribution >= 4 is 42.8 Å². The summed E-state index contributed by atoms with van der Waals surface area (Å²) in [6.45, 7) is 3.76. The number of halogens is 1. The van der Waals surface area contributed by atoms with Gasteiger partial charge in [-0.25, -0.2) is 4.79 Å². The van der Waals surface area contributed by atoms with Crippen LogP contribution in [0.3, 0.4) is 0 Å². The van der Waals surface area contributed by atoms with Crippen LogP contribution in [0.2, 0.25) is 0 Å². The number of carbonyl (C=O) groups excluding carboxylic acids is 2. The number of nitrogens with one attached hydrogen (secondary N) is 2. The molecule has 2 amide bonds. The molecule has 0 saturated heterocycles. The molecule has 0 bridgehead atoms. The van der Waals surface area contributed by atoms with Gasteiger partial charge < -0.3 is 20.5 Å². The predicted molar refractivity (Wildman–Crippen MR) is 144 cm³/mol. The number of para-hydroxylation sites is 1. The summed E-state index contributed by atoms with van der Waals surface area (Å²) in [5.41, 5.74) is 1.07. The fourth-order valence-electron chi connectivity index (χ4n) is 4.29. The highest BCUT2D eigenvalue weighted by molar-refractivity contribution is 7.81. The van der Waals surface area contributed by atoms with Crippen LogP contribution in [0.5, 0.6) is 5.75 Å². The van der Waals surface area contributed by atoms with E-state index in [1.54, 1.807) is 25.4 Å². The number of methoxy groups -OCH3 is 1. The van der Waals surface area contributed by atoms with Crippen LogP contribution in [0.15, 0.2) is 42.6 Å². The first-order chi connectivity index (χ1) is 16.7. The van der Waals surface area contributed by atoms with E-state index in [2.05, 4.69) is 28.2 Å². The van der Waals surface area contributed by atoms with E-state index in [9.17, 15) is 19.5 Å². The van der Waals surface area contributed by atoms with Crippen molar-refractivity contribution in [3.8, 4) is 17.0 Å². The zero-order valence-corrected chi connectivity index (χ0v) is 22.4. The first-order valence-corrected chi connectivity index (χ1v) is 12.3. The van der Waals surface area contributed by atoms with Crippen LogP contribution >= 0.6 is 25.0 Å². The fourth-order valence-corrected chi connectivity index (χ4v) is 4.36. The third-order valence-electron chi connectivity index (χ3n) is 6.41. The van der Waals surface area contributed by atoms with Crippen molar-refractivity contribution in [2.75, 3.05) is 7.11 Å². The molecule has 1 saturated carbocycles. The quantitative estimate of drug-likeness (QED) is 0.345. The van der Waals surface area contributed by atoms with Gasteiger partial charge in [0.25, 0.3) is 0 Å². The number of hydrogen-bond acceptors (Lipinski definition) is 6. The van der Waals surface area contributed by atoms with E-state index in [1.807, 2.05) is 38.1 Å². The van der Waals surface area contributed by atoms with Crippen LogP contribution in [-0.4, -0.2) is 51.8 Å². The Morgan fingerprint density at radius 1 is 1.14 bits per heavy atom. The summed E-state index contributed by atoms with van der Waals surface area (Å²) in [7, 11) is 1.59. The highest BCUT2D eigenvalue weighted by Gasteiger charge is 2.44. The number of aliphatic carboxylic acids is 1. The van der Waals surface area contributed by atoms with Gasteiger partial charge >= 0.3 is 5.97 Å². The van der Waals surface area contributed by atoms with Gasteiger partial charge in [-0.3, -0.25) is 14.6 Å². The van der Waals surface area contributed by atoms with Crippen molar-refractivity contribution in [1.29, 1.82) is 0 Å². The van der Waals surface area contributed by atoms with Crippen LogP contribution in [0.1, 0.15) is 45.1 Å². The van der Waals surface area contributed by atoms with E-state index in [0.717, 1.165) is 18.4 Å². The van der Waals surface area contributed by atoms with E-state index in [-0.39, 0.29) is 30.7 Å². The molecule has 2 aromatic rings. The minimum absolute atomic E-state index is 0. The van der Waals surface area contributed by atoms with E-state index in [1.165, 1.54) is 0 Å². The Morgan fingerprint density at radius 2 is 1.81 bits per heavy atom. The molecular formula is C26H34ClN3O5S. The van der Waals surface area contributed by atoms with Gasteiger partial charge in [-0.2, -0.15) is 12.6 Å². The highest BCUT2D eigenvalue weighted by atomic mass is 35.5. The molecule has 36 heavy (non-hydrogen) atoms. The first kappa shape index (κ1) is 29.5. The Labute approximate surface area is 223 Å². The lowest BCUT2D eigenvalue weighted by Crippen LogP contribution is -2.61. The molecule has 0 aliphatic heterocycles. The number of benzene rings is 1. The Kier molecular flexibility index (Phi) is 10.6. The number of aromatic nitrogens is 1. The normalized spacial score (nSPS) is 15.9. The fraction of sp³-hybridized carbons (Fsp3) is 0.462. The molecule has 1 heterocycles.